The molecule has 0 spiro atoms. The number of hydrogen-bond acceptors (Lipinski definition) is 3. The molecule has 0 saturated heterocycles. The number of carboxylic acid groups (broad SMARTS) is 1. The van der Waals surface area contributed by atoms with E-state index >= 15 is 0 Å². The molecule has 0 aromatic heterocycles. The number of hydrogen-bond donors (Lipinski definition) is 2. The predicted octanol–water partition coefficient (Wildman–Crippen LogP) is 1.95. The first-order valence-corrected chi connectivity index (χ1v) is 7.05. The number of carboxylic acids is 1. The number of methoxy groups -OCH3 is 1. The Labute approximate surface area is 114 Å². The fraction of sp³-hybridized carbons (Fsp3) is 0.857. The zero-order valence-electron chi connectivity index (χ0n) is 11.7. The molecule has 0 bridgehead atoms. The minimum Gasteiger partial charge on any atom is -0.481 e. The molecule has 2 N–H and O–H groups in total. The van der Waals surface area contributed by atoms with E-state index in [1.165, 1.54) is 19.3 Å². The van der Waals surface area contributed by atoms with E-state index in [0.29, 0.717) is 13.2 Å². The van der Waals surface area contributed by atoms with Crippen LogP contribution in [0.4, 0.5) is 0 Å². The molecule has 0 aromatic rings. The number of carbonyl (C=O) groups is 2. The summed E-state index contributed by atoms with van der Waals surface area (Å²) in [6.07, 6.45) is 6.84. The van der Waals surface area contributed by atoms with Crippen molar-refractivity contribution in [2.75, 3.05) is 20.3 Å². The summed E-state index contributed by atoms with van der Waals surface area (Å²) in [5.74, 6) is -1.09. The molecule has 1 fully saturated rings. The van der Waals surface area contributed by atoms with Crippen LogP contribution in [0.25, 0.3) is 0 Å². The summed E-state index contributed by atoms with van der Waals surface area (Å²) < 4.78 is 5.16. The Hall–Kier alpha value is -1.10. The van der Waals surface area contributed by atoms with Crippen LogP contribution in [-0.4, -0.2) is 37.2 Å². The minimum atomic E-state index is -0.929. The molecule has 1 amide bonds. The van der Waals surface area contributed by atoms with Gasteiger partial charge in [-0.1, -0.05) is 19.3 Å². The van der Waals surface area contributed by atoms with Crippen molar-refractivity contribution >= 4 is 11.9 Å². The lowest BCUT2D eigenvalue weighted by molar-refractivity contribution is -0.138. The number of ether oxygens (including phenoxy) is 1. The van der Waals surface area contributed by atoms with Crippen molar-refractivity contribution in [1.82, 2.24) is 5.32 Å². The SMILES string of the molecule is COCCC1(CNC(=O)CCC(=O)O)CCCCC1. The molecule has 19 heavy (non-hydrogen) atoms. The van der Waals surface area contributed by atoms with Gasteiger partial charge in [0.2, 0.25) is 5.91 Å². The summed E-state index contributed by atoms with van der Waals surface area (Å²) in [5, 5.41) is 11.4. The van der Waals surface area contributed by atoms with Gasteiger partial charge in [-0.3, -0.25) is 9.59 Å². The maximum atomic E-state index is 11.6. The Morgan fingerprint density at radius 3 is 2.47 bits per heavy atom. The average molecular weight is 271 g/mol. The van der Waals surface area contributed by atoms with Gasteiger partial charge in [-0.15, -0.1) is 0 Å². The Morgan fingerprint density at radius 1 is 1.21 bits per heavy atom. The van der Waals surface area contributed by atoms with Crippen molar-refractivity contribution in [3.8, 4) is 0 Å². The van der Waals surface area contributed by atoms with E-state index in [1.807, 2.05) is 0 Å². The largest absolute Gasteiger partial charge is 0.481 e. The van der Waals surface area contributed by atoms with Crippen LogP contribution in [0.2, 0.25) is 0 Å². The van der Waals surface area contributed by atoms with Crippen LogP contribution in [0.5, 0.6) is 0 Å². The Bertz CT molecular complexity index is 298. The van der Waals surface area contributed by atoms with Crippen LogP contribution < -0.4 is 5.32 Å². The van der Waals surface area contributed by atoms with Crippen molar-refractivity contribution in [1.29, 1.82) is 0 Å². The summed E-state index contributed by atoms with van der Waals surface area (Å²) in [6.45, 7) is 1.36. The van der Waals surface area contributed by atoms with E-state index in [1.54, 1.807) is 7.11 Å². The summed E-state index contributed by atoms with van der Waals surface area (Å²) >= 11 is 0. The maximum Gasteiger partial charge on any atom is 0.303 e. The zero-order valence-corrected chi connectivity index (χ0v) is 11.7. The zero-order chi connectivity index (χ0) is 14.1. The molecule has 5 heteroatoms. The van der Waals surface area contributed by atoms with Gasteiger partial charge in [0, 0.05) is 26.7 Å². The highest BCUT2D eigenvalue weighted by Crippen LogP contribution is 2.38. The molecule has 0 heterocycles. The van der Waals surface area contributed by atoms with Gasteiger partial charge in [-0.25, -0.2) is 0 Å². The fourth-order valence-corrected chi connectivity index (χ4v) is 2.73. The maximum absolute atomic E-state index is 11.6. The summed E-state index contributed by atoms with van der Waals surface area (Å²) in [6, 6.07) is 0. The van der Waals surface area contributed by atoms with Crippen molar-refractivity contribution in [3.63, 3.8) is 0 Å². The number of nitrogens with one attached hydrogen (secondary N) is 1. The second kappa shape index (κ2) is 8.15. The van der Waals surface area contributed by atoms with E-state index in [9.17, 15) is 9.59 Å². The van der Waals surface area contributed by atoms with Crippen LogP contribution in [0.3, 0.4) is 0 Å². The highest BCUT2D eigenvalue weighted by molar-refractivity contribution is 5.80. The van der Waals surface area contributed by atoms with Gasteiger partial charge in [-0.2, -0.15) is 0 Å². The van der Waals surface area contributed by atoms with E-state index in [2.05, 4.69) is 5.32 Å². The molecule has 1 saturated carbocycles. The van der Waals surface area contributed by atoms with Crippen LogP contribution >= 0.6 is 0 Å². The number of rotatable bonds is 8. The molecule has 0 radical (unpaired) electrons. The molecule has 0 atom stereocenters. The second-order valence-electron chi connectivity index (χ2n) is 5.47. The summed E-state index contributed by atoms with van der Waals surface area (Å²) in [5.41, 5.74) is 0.146. The smallest absolute Gasteiger partial charge is 0.303 e. The lowest BCUT2D eigenvalue weighted by atomic mass is 9.72. The Balaban J connectivity index is 2.39. The molecule has 1 aliphatic rings. The van der Waals surface area contributed by atoms with Gasteiger partial charge in [-0.05, 0) is 24.7 Å². The number of aliphatic carboxylic acids is 1. The van der Waals surface area contributed by atoms with Crippen molar-refractivity contribution < 1.29 is 19.4 Å². The third-order valence-corrected chi connectivity index (χ3v) is 3.98. The van der Waals surface area contributed by atoms with Crippen molar-refractivity contribution in [2.45, 2.75) is 51.4 Å². The molecule has 1 rings (SSSR count). The van der Waals surface area contributed by atoms with Crippen molar-refractivity contribution in [2.24, 2.45) is 5.41 Å². The lowest BCUT2D eigenvalue weighted by Gasteiger charge is -2.37. The fourth-order valence-electron chi connectivity index (χ4n) is 2.73. The summed E-state index contributed by atoms with van der Waals surface area (Å²) in [7, 11) is 1.70. The molecule has 0 unspecified atom stereocenters. The minimum absolute atomic E-state index is 0.0652. The summed E-state index contributed by atoms with van der Waals surface area (Å²) in [4.78, 5) is 22.0. The molecule has 0 aromatic carbocycles. The normalized spacial score (nSPS) is 17.9. The van der Waals surface area contributed by atoms with Gasteiger partial charge in [0.05, 0.1) is 6.42 Å². The number of carbonyl (C=O) groups excluding carboxylic acids is 1. The Morgan fingerprint density at radius 2 is 1.89 bits per heavy atom. The van der Waals surface area contributed by atoms with Gasteiger partial charge < -0.3 is 15.2 Å². The predicted molar refractivity (Wildman–Crippen MR) is 71.9 cm³/mol. The van der Waals surface area contributed by atoms with Gasteiger partial charge in [0.1, 0.15) is 0 Å². The molecular weight excluding hydrogens is 246 g/mol. The molecule has 110 valence electrons. The standard InChI is InChI=1S/C14H25NO4/c1-19-10-9-14(7-3-2-4-8-14)11-15-12(16)5-6-13(17)18/h2-11H2,1H3,(H,15,16)(H,17,18). The lowest BCUT2D eigenvalue weighted by Crippen LogP contribution is -2.39. The third kappa shape index (κ3) is 6.05. The van der Waals surface area contributed by atoms with Crippen LogP contribution in [-0.2, 0) is 14.3 Å². The van der Waals surface area contributed by atoms with Crippen LogP contribution in [0, 0.1) is 5.41 Å². The first kappa shape index (κ1) is 16.0. The second-order valence-corrected chi connectivity index (χ2v) is 5.47. The van der Waals surface area contributed by atoms with Gasteiger partial charge >= 0.3 is 5.97 Å². The van der Waals surface area contributed by atoms with Crippen LogP contribution in [0.15, 0.2) is 0 Å². The van der Waals surface area contributed by atoms with E-state index in [-0.39, 0.29) is 24.2 Å². The van der Waals surface area contributed by atoms with E-state index in [0.717, 1.165) is 19.3 Å². The third-order valence-electron chi connectivity index (χ3n) is 3.98. The average Bonchev–Trinajstić information content (AvgIpc) is 2.42. The first-order chi connectivity index (χ1) is 9.08. The van der Waals surface area contributed by atoms with Gasteiger partial charge in [0.15, 0.2) is 0 Å². The van der Waals surface area contributed by atoms with Crippen LogP contribution in [0.1, 0.15) is 51.4 Å². The molecule has 5 nitrogen and oxygen atoms in total. The monoisotopic (exact) mass is 271 g/mol. The molecule has 0 aliphatic heterocycles. The Kier molecular flexibility index (Phi) is 6.84. The first-order valence-electron chi connectivity index (χ1n) is 7.05. The van der Waals surface area contributed by atoms with Gasteiger partial charge in [0.25, 0.3) is 0 Å². The topological polar surface area (TPSA) is 75.6 Å². The highest BCUT2D eigenvalue weighted by Gasteiger charge is 2.31. The quantitative estimate of drug-likeness (QED) is 0.707. The van der Waals surface area contributed by atoms with Crippen molar-refractivity contribution in [3.05, 3.63) is 0 Å². The van der Waals surface area contributed by atoms with E-state index in [4.69, 9.17) is 9.84 Å². The number of amides is 1. The highest BCUT2D eigenvalue weighted by atomic mass is 16.5. The molecular formula is C14H25NO4. The van der Waals surface area contributed by atoms with E-state index < -0.39 is 5.97 Å². The molecule has 1 aliphatic carbocycles.